The second-order valence-electron chi connectivity index (χ2n) is 9.74. The van der Waals surface area contributed by atoms with Crippen LogP contribution in [0.25, 0.3) is 21.5 Å². The zero-order valence-corrected chi connectivity index (χ0v) is 18.4. The Labute approximate surface area is 187 Å². The number of phenolic OH excluding ortho intramolecular Hbond substituents is 1. The van der Waals surface area contributed by atoms with Crippen LogP contribution in [0.5, 0.6) is 5.75 Å². The highest BCUT2D eigenvalue weighted by atomic mass is 16.6. The molecule has 2 bridgehead atoms. The van der Waals surface area contributed by atoms with Gasteiger partial charge in [-0.3, -0.25) is 0 Å². The molecule has 2 aliphatic rings. The van der Waals surface area contributed by atoms with Gasteiger partial charge in [-0.15, -0.1) is 0 Å². The highest BCUT2D eigenvalue weighted by Gasteiger charge is 2.59. The third kappa shape index (κ3) is 2.63. The van der Waals surface area contributed by atoms with Crippen molar-refractivity contribution in [3.8, 4) is 5.75 Å². The molecule has 3 nitrogen and oxygen atoms in total. The Morgan fingerprint density at radius 1 is 0.969 bits per heavy atom. The van der Waals surface area contributed by atoms with Crippen molar-refractivity contribution in [1.82, 2.24) is 0 Å². The molecule has 0 amide bonds. The van der Waals surface area contributed by atoms with Gasteiger partial charge in [0, 0.05) is 28.3 Å². The fourth-order valence-corrected chi connectivity index (χ4v) is 6.05. The fraction of sp³-hybridized carbons (Fsp3) is 0.276. The summed E-state index contributed by atoms with van der Waals surface area (Å²) in [5, 5.41) is 15.3. The number of rotatable bonds is 3. The molecule has 0 heterocycles. The van der Waals surface area contributed by atoms with Gasteiger partial charge in [0.15, 0.2) is 0 Å². The van der Waals surface area contributed by atoms with Gasteiger partial charge in [0.25, 0.3) is 0 Å². The third-order valence-corrected chi connectivity index (χ3v) is 7.71. The van der Waals surface area contributed by atoms with E-state index in [2.05, 4.69) is 32.0 Å². The van der Waals surface area contributed by atoms with Crippen molar-refractivity contribution >= 4 is 27.5 Å². The van der Waals surface area contributed by atoms with Crippen LogP contribution in [0.3, 0.4) is 0 Å². The Kier molecular flexibility index (Phi) is 3.98. The molecule has 1 N–H and O–H groups in total. The SMILES string of the molecule is CCc1ccc2c(O)c3c(cc2c1)C1(OC(=O)c2ccc4ccccc4c2)CCC3(C)C1. The predicted octanol–water partition coefficient (Wildman–Crippen LogP) is 6.77. The van der Waals surface area contributed by atoms with Crippen LogP contribution in [0.15, 0.2) is 66.7 Å². The summed E-state index contributed by atoms with van der Waals surface area (Å²) in [6, 6.07) is 22.1. The number of esters is 1. The number of hydrogen-bond donors (Lipinski definition) is 1. The van der Waals surface area contributed by atoms with E-state index in [-0.39, 0.29) is 11.4 Å². The van der Waals surface area contributed by atoms with E-state index in [0.717, 1.165) is 58.4 Å². The first kappa shape index (κ1) is 19.4. The Morgan fingerprint density at radius 2 is 1.78 bits per heavy atom. The van der Waals surface area contributed by atoms with Crippen LogP contribution in [-0.4, -0.2) is 11.1 Å². The molecule has 4 aromatic rings. The van der Waals surface area contributed by atoms with E-state index in [1.807, 2.05) is 48.5 Å². The molecule has 4 aromatic carbocycles. The van der Waals surface area contributed by atoms with Gasteiger partial charge in [0.2, 0.25) is 0 Å². The molecule has 1 fully saturated rings. The van der Waals surface area contributed by atoms with E-state index in [4.69, 9.17) is 4.74 Å². The number of carbonyl (C=O) groups is 1. The predicted molar refractivity (Wildman–Crippen MR) is 127 cm³/mol. The summed E-state index contributed by atoms with van der Waals surface area (Å²) in [4.78, 5) is 13.3. The molecule has 0 saturated heterocycles. The summed E-state index contributed by atoms with van der Waals surface area (Å²) < 4.78 is 6.33. The van der Waals surface area contributed by atoms with Gasteiger partial charge < -0.3 is 9.84 Å². The van der Waals surface area contributed by atoms with E-state index in [1.54, 1.807) is 0 Å². The molecular formula is C29H26O3. The summed E-state index contributed by atoms with van der Waals surface area (Å²) in [5.41, 5.74) is 2.89. The van der Waals surface area contributed by atoms with Crippen molar-refractivity contribution in [1.29, 1.82) is 0 Å². The lowest BCUT2D eigenvalue weighted by molar-refractivity contribution is -0.0165. The number of aryl methyl sites for hydroxylation is 1. The lowest BCUT2D eigenvalue weighted by Crippen LogP contribution is -2.28. The second-order valence-corrected chi connectivity index (χ2v) is 9.74. The molecule has 160 valence electrons. The molecular weight excluding hydrogens is 396 g/mol. The summed E-state index contributed by atoms with van der Waals surface area (Å²) in [5.74, 6) is 0.0562. The maximum absolute atomic E-state index is 13.3. The van der Waals surface area contributed by atoms with Crippen molar-refractivity contribution in [2.75, 3.05) is 0 Å². The molecule has 1 saturated carbocycles. The second kappa shape index (κ2) is 6.59. The minimum Gasteiger partial charge on any atom is -0.507 e. The molecule has 0 aromatic heterocycles. The monoisotopic (exact) mass is 422 g/mol. The minimum absolute atomic E-state index is 0.180. The Morgan fingerprint density at radius 3 is 2.59 bits per heavy atom. The van der Waals surface area contributed by atoms with Crippen molar-refractivity contribution in [3.63, 3.8) is 0 Å². The van der Waals surface area contributed by atoms with Crippen molar-refractivity contribution < 1.29 is 14.6 Å². The average Bonchev–Trinajstić information content (AvgIpc) is 3.27. The number of carbonyl (C=O) groups excluding carboxylic acids is 1. The zero-order valence-electron chi connectivity index (χ0n) is 18.4. The van der Waals surface area contributed by atoms with Gasteiger partial charge in [-0.25, -0.2) is 4.79 Å². The van der Waals surface area contributed by atoms with Crippen LogP contribution >= 0.6 is 0 Å². The van der Waals surface area contributed by atoms with Gasteiger partial charge in [-0.05, 0) is 59.2 Å². The smallest absolute Gasteiger partial charge is 0.339 e. The number of hydrogen-bond acceptors (Lipinski definition) is 3. The zero-order chi connectivity index (χ0) is 22.1. The number of benzene rings is 4. The van der Waals surface area contributed by atoms with Crippen LogP contribution in [0, 0.1) is 0 Å². The van der Waals surface area contributed by atoms with Crippen LogP contribution < -0.4 is 0 Å². The van der Waals surface area contributed by atoms with Crippen molar-refractivity contribution in [2.24, 2.45) is 0 Å². The fourth-order valence-electron chi connectivity index (χ4n) is 6.05. The van der Waals surface area contributed by atoms with Gasteiger partial charge >= 0.3 is 5.97 Å². The largest absolute Gasteiger partial charge is 0.507 e. The summed E-state index contributed by atoms with van der Waals surface area (Å²) in [6.45, 7) is 4.32. The van der Waals surface area contributed by atoms with E-state index < -0.39 is 5.60 Å². The molecule has 2 atom stereocenters. The molecule has 6 rings (SSSR count). The van der Waals surface area contributed by atoms with Crippen LogP contribution in [0.1, 0.15) is 60.2 Å². The first-order chi connectivity index (χ1) is 15.4. The van der Waals surface area contributed by atoms with Gasteiger partial charge in [-0.1, -0.05) is 62.4 Å². The molecule has 0 spiro atoms. The van der Waals surface area contributed by atoms with E-state index in [1.165, 1.54) is 5.56 Å². The number of phenols is 1. The van der Waals surface area contributed by atoms with Gasteiger partial charge in [0.05, 0.1) is 5.56 Å². The summed E-state index contributed by atoms with van der Waals surface area (Å²) >= 11 is 0. The van der Waals surface area contributed by atoms with Gasteiger partial charge in [0.1, 0.15) is 11.4 Å². The Hall–Kier alpha value is -3.33. The quantitative estimate of drug-likeness (QED) is 0.371. The third-order valence-electron chi connectivity index (χ3n) is 7.71. The topological polar surface area (TPSA) is 46.5 Å². The lowest BCUT2D eigenvalue weighted by Gasteiger charge is -2.31. The standard InChI is InChI=1S/C29H26O3/c1-3-18-8-11-23-22(14-18)16-24-25(26(23)30)28(2)12-13-29(24,17-28)32-27(31)21-10-9-19-6-4-5-7-20(19)15-21/h4-11,14-16,30H,3,12-13,17H2,1-2H3. The van der Waals surface area contributed by atoms with Crippen molar-refractivity contribution in [2.45, 2.75) is 50.5 Å². The number of aromatic hydroxyl groups is 1. The van der Waals surface area contributed by atoms with E-state index in [0.29, 0.717) is 11.3 Å². The summed E-state index contributed by atoms with van der Waals surface area (Å²) in [6.07, 6.45) is 3.35. The minimum atomic E-state index is -0.680. The maximum atomic E-state index is 13.3. The molecule has 32 heavy (non-hydrogen) atoms. The molecule has 2 unspecified atom stereocenters. The molecule has 0 radical (unpaired) electrons. The van der Waals surface area contributed by atoms with Crippen LogP contribution in [-0.2, 0) is 22.2 Å². The normalized spacial score (nSPS) is 23.6. The maximum Gasteiger partial charge on any atom is 0.339 e. The highest BCUT2D eigenvalue weighted by Crippen LogP contribution is 2.64. The Bertz CT molecular complexity index is 1420. The first-order valence-electron chi connectivity index (χ1n) is 11.4. The summed E-state index contributed by atoms with van der Waals surface area (Å²) in [7, 11) is 0. The lowest BCUT2D eigenvalue weighted by atomic mass is 9.78. The molecule has 3 heteroatoms. The van der Waals surface area contributed by atoms with E-state index in [9.17, 15) is 9.90 Å². The highest BCUT2D eigenvalue weighted by molar-refractivity contribution is 5.96. The number of ether oxygens (including phenoxy) is 1. The van der Waals surface area contributed by atoms with E-state index >= 15 is 0 Å². The number of fused-ring (bicyclic) bond motifs is 7. The van der Waals surface area contributed by atoms with Crippen LogP contribution in [0.2, 0.25) is 0 Å². The Balaban J connectivity index is 1.45. The molecule has 2 aliphatic carbocycles. The van der Waals surface area contributed by atoms with Crippen LogP contribution in [0.4, 0.5) is 0 Å². The average molecular weight is 423 g/mol. The van der Waals surface area contributed by atoms with Gasteiger partial charge in [-0.2, -0.15) is 0 Å². The van der Waals surface area contributed by atoms with Crippen molar-refractivity contribution in [3.05, 3.63) is 89.0 Å². The first-order valence-corrected chi connectivity index (χ1v) is 11.4. The molecule has 0 aliphatic heterocycles.